The van der Waals surface area contributed by atoms with E-state index in [1.807, 2.05) is 42.5 Å². The molecule has 3 aromatic carbocycles. The molecule has 0 aliphatic carbocycles. The number of hydrogen-bond donors (Lipinski definition) is 2. The average molecular weight is 387 g/mol. The average Bonchev–Trinajstić information content (AvgIpc) is 3.23. The molecule has 1 aliphatic rings. The second-order valence-corrected chi connectivity index (χ2v) is 7.39. The smallest absolute Gasteiger partial charge is 0.231 e. The van der Waals surface area contributed by atoms with Crippen LogP contribution in [0.25, 0.3) is 17.2 Å². The van der Waals surface area contributed by atoms with Crippen LogP contribution >= 0.6 is 11.3 Å². The summed E-state index contributed by atoms with van der Waals surface area (Å²) in [4.78, 5) is 9.32. The quantitative estimate of drug-likeness (QED) is 0.480. The first-order chi connectivity index (χ1) is 13.7. The molecule has 5 rings (SSSR count). The Balaban J connectivity index is 1.51. The number of hydrogen-bond acceptors (Lipinski definition) is 5. The van der Waals surface area contributed by atoms with E-state index in [0.717, 1.165) is 27.4 Å². The number of aromatic nitrogens is 1. The molecular formula is C22H14FN3OS. The fourth-order valence-electron chi connectivity index (χ4n) is 3.19. The SMILES string of the molecule is Oc1nc(Nc2ccccc2F)sc1C=c1ccc2c(c1)-c1ccccc1N=2. The minimum absolute atomic E-state index is 0.0885. The minimum Gasteiger partial charge on any atom is -0.492 e. The molecule has 0 saturated heterocycles. The van der Waals surface area contributed by atoms with Crippen molar-refractivity contribution in [3.05, 3.63) is 88.0 Å². The Morgan fingerprint density at radius 1 is 0.964 bits per heavy atom. The number of benzene rings is 3. The van der Waals surface area contributed by atoms with Gasteiger partial charge in [0.2, 0.25) is 5.88 Å². The van der Waals surface area contributed by atoms with Crippen LogP contribution in [-0.2, 0) is 0 Å². The van der Waals surface area contributed by atoms with Crippen molar-refractivity contribution in [2.45, 2.75) is 0 Å². The number of para-hydroxylation sites is 2. The Labute approximate surface area is 164 Å². The van der Waals surface area contributed by atoms with E-state index in [0.29, 0.717) is 15.7 Å². The molecule has 0 fully saturated rings. The lowest BCUT2D eigenvalue weighted by Crippen LogP contribution is -2.09. The summed E-state index contributed by atoms with van der Waals surface area (Å²) in [5.74, 6) is -0.460. The molecule has 136 valence electrons. The highest BCUT2D eigenvalue weighted by Crippen LogP contribution is 2.32. The topological polar surface area (TPSA) is 57.5 Å². The third-order valence-corrected chi connectivity index (χ3v) is 5.41. The van der Waals surface area contributed by atoms with Gasteiger partial charge in [0.25, 0.3) is 0 Å². The Bertz CT molecular complexity index is 1330. The van der Waals surface area contributed by atoms with Crippen molar-refractivity contribution in [3.63, 3.8) is 0 Å². The van der Waals surface area contributed by atoms with Gasteiger partial charge in [0.05, 0.1) is 21.6 Å². The highest BCUT2D eigenvalue weighted by atomic mass is 32.1. The lowest BCUT2D eigenvalue weighted by Gasteiger charge is -2.02. The molecule has 4 aromatic rings. The van der Waals surface area contributed by atoms with Crippen LogP contribution in [0.5, 0.6) is 5.88 Å². The second-order valence-electron chi connectivity index (χ2n) is 6.36. The summed E-state index contributed by atoms with van der Waals surface area (Å²) in [6.45, 7) is 0. The molecule has 6 heteroatoms. The summed E-state index contributed by atoms with van der Waals surface area (Å²) in [5, 5.41) is 15.4. The molecule has 1 aromatic heterocycles. The van der Waals surface area contributed by atoms with Gasteiger partial charge in [-0.15, -0.1) is 0 Å². The van der Waals surface area contributed by atoms with Gasteiger partial charge >= 0.3 is 0 Å². The van der Waals surface area contributed by atoms with E-state index in [-0.39, 0.29) is 11.7 Å². The third kappa shape index (κ3) is 2.93. The summed E-state index contributed by atoms with van der Waals surface area (Å²) < 4.78 is 13.8. The van der Waals surface area contributed by atoms with Crippen molar-refractivity contribution >= 4 is 33.9 Å². The Morgan fingerprint density at radius 3 is 2.68 bits per heavy atom. The fraction of sp³-hybridized carbons (Fsp3) is 0. The van der Waals surface area contributed by atoms with E-state index >= 15 is 0 Å². The number of thiazole rings is 1. The lowest BCUT2D eigenvalue weighted by atomic mass is 10.0. The standard InChI is InChI=1S/C22H14FN3OS/c23-16-6-2-4-8-19(16)25-22-26-21(27)20(28-22)12-13-9-10-18-15(11-13)14-5-1-3-7-17(14)24-18/h1-12,27H,(H,25,26). The maximum atomic E-state index is 13.8. The monoisotopic (exact) mass is 387 g/mol. The highest BCUT2D eigenvalue weighted by molar-refractivity contribution is 7.16. The number of rotatable bonds is 3. The highest BCUT2D eigenvalue weighted by Gasteiger charge is 2.13. The fourth-order valence-corrected chi connectivity index (χ4v) is 4.02. The van der Waals surface area contributed by atoms with Gasteiger partial charge in [-0.05, 0) is 41.6 Å². The van der Waals surface area contributed by atoms with E-state index < -0.39 is 0 Å². The van der Waals surface area contributed by atoms with Crippen molar-refractivity contribution in [2.24, 2.45) is 4.99 Å². The van der Waals surface area contributed by atoms with Crippen LogP contribution in [0.4, 0.5) is 20.9 Å². The molecule has 0 bridgehead atoms. The normalized spacial score (nSPS) is 12.4. The molecular weight excluding hydrogens is 373 g/mol. The minimum atomic E-state index is -0.372. The van der Waals surface area contributed by atoms with E-state index in [1.165, 1.54) is 17.4 Å². The Morgan fingerprint density at radius 2 is 1.79 bits per heavy atom. The summed E-state index contributed by atoms with van der Waals surface area (Å²) >= 11 is 1.26. The molecule has 0 radical (unpaired) electrons. The van der Waals surface area contributed by atoms with Crippen LogP contribution in [0.1, 0.15) is 4.88 Å². The number of fused-ring (bicyclic) bond motifs is 3. The Kier molecular flexibility index (Phi) is 3.91. The summed E-state index contributed by atoms with van der Waals surface area (Å²) in [5.41, 5.74) is 3.45. The summed E-state index contributed by atoms with van der Waals surface area (Å²) in [6.07, 6.45) is 1.86. The largest absolute Gasteiger partial charge is 0.492 e. The Hall–Kier alpha value is -3.51. The number of halogens is 1. The van der Waals surface area contributed by atoms with Gasteiger partial charge in [-0.3, -0.25) is 0 Å². The van der Waals surface area contributed by atoms with Gasteiger partial charge in [-0.25, -0.2) is 9.38 Å². The van der Waals surface area contributed by atoms with Crippen LogP contribution in [0.3, 0.4) is 0 Å². The number of nitrogens with one attached hydrogen (secondary N) is 1. The van der Waals surface area contributed by atoms with Gasteiger partial charge in [-0.1, -0.05) is 47.7 Å². The van der Waals surface area contributed by atoms with Gasteiger partial charge in [0.15, 0.2) is 5.13 Å². The molecule has 2 heterocycles. The summed E-state index contributed by atoms with van der Waals surface area (Å²) in [6, 6.07) is 20.3. The van der Waals surface area contributed by atoms with Crippen molar-refractivity contribution in [1.82, 2.24) is 4.98 Å². The number of aromatic hydroxyl groups is 1. The molecule has 4 nitrogen and oxygen atoms in total. The van der Waals surface area contributed by atoms with E-state index in [2.05, 4.69) is 21.4 Å². The number of nitrogens with zero attached hydrogens (tertiary/aromatic N) is 2. The molecule has 0 saturated carbocycles. The lowest BCUT2D eigenvalue weighted by molar-refractivity contribution is 0.457. The van der Waals surface area contributed by atoms with Crippen molar-refractivity contribution in [1.29, 1.82) is 0 Å². The van der Waals surface area contributed by atoms with Crippen LogP contribution in [0.15, 0.2) is 71.7 Å². The van der Waals surface area contributed by atoms with Gasteiger partial charge in [0, 0.05) is 11.1 Å². The first kappa shape index (κ1) is 16.6. The van der Waals surface area contributed by atoms with Gasteiger partial charge in [0.1, 0.15) is 5.82 Å². The summed E-state index contributed by atoms with van der Waals surface area (Å²) in [7, 11) is 0. The van der Waals surface area contributed by atoms with E-state index in [1.54, 1.807) is 18.2 Å². The molecule has 2 N–H and O–H groups in total. The maximum Gasteiger partial charge on any atom is 0.231 e. The maximum absolute atomic E-state index is 13.8. The van der Waals surface area contributed by atoms with E-state index in [4.69, 9.17) is 0 Å². The molecule has 28 heavy (non-hydrogen) atoms. The zero-order chi connectivity index (χ0) is 19.1. The van der Waals surface area contributed by atoms with Crippen LogP contribution in [0, 0.1) is 5.82 Å². The molecule has 0 atom stereocenters. The van der Waals surface area contributed by atoms with Crippen LogP contribution in [0.2, 0.25) is 0 Å². The number of anilines is 2. The van der Waals surface area contributed by atoms with Crippen molar-refractivity contribution in [2.75, 3.05) is 5.32 Å². The predicted octanol–water partition coefficient (Wildman–Crippen LogP) is 4.49. The predicted molar refractivity (Wildman–Crippen MR) is 109 cm³/mol. The van der Waals surface area contributed by atoms with Crippen molar-refractivity contribution < 1.29 is 9.50 Å². The van der Waals surface area contributed by atoms with Gasteiger partial charge < -0.3 is 10.4 Å². The van der Waals surface area contributed by atoms with Crippen LogP contribution < -0.4 is 15.9 Å². The molecule has 0 unspecified atom stereocenters. The van der Waals surface area contributed by atoms with E-state index in [9.17, 15) is 9.50 Å². The first-order valence-corrected chi connectivity index (χ1v) is 9.50. The van der Waals surface area contributed by atoms with Crippen molar-refractivity contribution in [3.8, 4) is 17.0 Å². The molecule has 0 amide bonds. The zero-order valence-corrected chi connectivity index (χ0v) is 15.4. The zero-order valence-electron chi connectivity index (χ0n) is 14.6. The first-order valence-electron chi connectivity index (χ1n) is 8.69. The third-order valence-electron chi connectivity index (χ3n) is 4.50. The van der Waals surface area contributed by atoms with Gasteiger partial charge in [-0.2, -0.15) is 4.98 Å². The second kappa shape index (κ2) is 6.58. The molecule has 0 spiro atoms. The molecule has 1 aliphatic heterocycles. The van der Waals surface area contributed by atoms with Crippen LogP contribution in [-0.4, -0.2) is 10.1 Å².